The first-order valence-corrected chi connectivity index (χ1v) is 8.09. The highest BCUT2D eigenvalue weighted by Crippen LogP contribution is 2.19. The number of anilines is 1. The highest BCUT2D eigenvalue weighted by Gasteiger charge is 2.18. The van der Waals surface area contributed by atoms with Crippen LogP contribution in [-0.2, 0) is 15.5 Å². The number of nitrogens with one attached hydrogen (secondary N) is 2. The van der Waals surface area contributed by atoms with E-state index in [0.717, 1.165) is 24.6 Å². The van der Waals surface area contributed by atoms with Crippen LogP contribution in [0.25, 0.3) is 0 Å². The van der Waals surface area contributed by atoms with Gasteiger partial charge in [0.05, 0.1) is 12.3 Å². The predicted octanol–water partition coefficient (Wildman–Crippen LogP) is 0.236. The molecule has 19 heavy (non-hydrogen) atoms. The molecule has 0 aliphatic carbocycles. The summed E-state index contributed by atoms with van der Waals surface area (Å²) in [4.78, 5) is 8.75. The smallest absolute Gasteiger partial charge is 0.130 e. The van der Waals surface area contributed by atoms with Gasteiger partial charge in [0.25, 0.3) is 0 Å². The Balaban J connectivity index is 2.03. The van der Waals surface area contributed by atoms with Crippen molar-refractivity contribution >= 4 is 16.6 Å². The van der Waals surface area contributed by atoms with Gasteiger partial charge in [0.1, 0.15) is 17.7 Å². The second-order valence-corrected chi connectivity index (χ2v) is 6.05. The second-order valence-electron chi connectivity index (χ2n) is 4.49. The number of nitrogens with zero attached hydrogens (tertiary/aromatic N) is 2. The first-order chi connectivity index (χ1) is 9.15. The van der Waals surface area contributed by atoms with E-state index < -0.39 is 10.8 Å². The average molecular weight is 284 g/mol. The molecule has 1 fully saturated rings. The van der Waals surface area contributed by atoms with E-state index in [2.05, 4.69) is 20.6 Å². The minimum absolute atomic E-state index is 0.0173. The summed E-state index contributed by atoms with van der Waals surface area (Å²) < 4.78 is 16.7. The average Bonchev–Trinajstić information content (AvgIpc) is 2.39. The molecule has 1 aliphatic rings. The van der Waals surface area contributed by atoms with Gasteiger partial charge < -0.3 is 15.4 Å². The summed E-state index contributed by atoms with van der Waals surface area (Å²) in [5, 5.41) is 6.46. The Bertz CT molecular complexity index is 449. The Kier molecular flexibility index (Phi) is 5.24. The van der Waals surface area contributed by atoms with Crippen LogP contribution in [0.4, 0.5) is 5.82 Å². The summed E-state index contributed by atoms with van der Waals surface area (Å²) in [6.45, 7) is 4.86. The van der Waals surface area contributed by atoms with Crippen molar-refractivity contribution in [3.05, 3.63) is 17.6 Å². The minimum Gasteiger partial charge on any atom is -0.369 e. The molecule has 6 nitrogen and oxygen atoms in total. The lowest BCUT2D eigenvalue weighted by Gasteiger charge is -2.23. The largest absolute Gasteiger partial charge is 0.369 e. The van der Waals surface area contributed by atoms with Crippen molar-refractivity contribution in [1.29, 1.82) is 0 Å². The van der Waals surface area contributed by atoms with E-state index in [1.165, 1.54) is 0 Å². The molecule has 0 bridgehead atoms. The zero-order valence-corrected chi connectivity index (χ0v) is 12.1. The van der Waals surface area contributed by atoms with E-state index >= 15 is 0 Å². The van der Waals surface area contributed by atoms with Gasteiger partial charge in [0, 0.05) is 48.5 Å². The van der Waals surface area contributed by atoms with Crippen LogP contribution in [0.5, 0.6) is 0 Å². The first kappa shape index (κ1) is 14.4. The van der Waals surface area contributed by atoms with Gasteiger partial charge in [0.2, 0.25) is 0 Å². The van der Waals surface area contributed by atoms with Crippen LogP contribution in [0.2, 0.25) is 0 Å². The fourth-order valence-electron chi connectivity index (χ4n) is 1.92. The number of rotatable bonds is 5. The maximum atomic E-state index is 11.0. The fraction of sp³-hybridized carbons (Fsp3) is 0.667. The van der Waals surface area contributed by atoms with Gasteiger partial charge in [0.15, 0.2) is 0 Å². The molecule has 0 saturated carbocycles. The summed E-state index contributed by atoms with van der Waals surface area (Å²) >= 11 is 0. The molecule has 0 spiro atoms. The van der Waals surface area contributed by atoms with Crippen LogP contribution in [0.1, 0.15) is 17.6 Å². The zero-order valence-electron chi connectivity index (χ0n) is 11.3. The Morgan fingerprint density at radius 1 is 1.58 bits per heavy atom. The maximum Gasteiger partial charge on any atom is 0.130 e. The first-order valence-electron chi connectivity index (χ1n) is 6.37. The lowest BCUT2D eigenvalue weighted by atomic mass is 10.2. The monoisotopic (exact) mass is 284 g/mol. The normalized spacial score (nSPS) is 21.1. The molecular weight excluding hydrogens is 264 g/mol. The molecule has 1 aliphatic heterocycles. The van der Waals surface area contributed by atoms with E-state index in [0.29, 0.717) is 24.7 Å². The second kappa shape index (κ2) is 6.93. The molecule has 2 N–H and O–H groups in total. The number of morpholine rings is 1. The SMILES string of the molecule is Cc1nc(NCC[S@](C)=O)cc([C@@H]2CNCCO2)n1. The highest BCUT2D eigenvalue weighted by atomic mass is 32.2. The summed E-state index contributed by atoms with van der Waals surface area (Å²) in [5.74, 6) is 2.09. The molecule has 1 saturated heterocycles. The van der Waals surface area contributed by atoms with E-state index in [9.17, 15) is 4.21 Å². The number of ether oxygens (including phenoxy) is 1. The van der Waals surface area contributed by atoms with Gasteiger partial charge in [-0.25, -0.2) is 9.97 Å². The van der Waals surface area contributed by atoms with Gasteiger partial charge in [-0.05, 0) is 6.92 Å². The molecule has 0 radical (unpaired) electrons. The highest BCUT2D eigenvalue weighted by molar-refractivity contribution is 7.84. The fourth-order valence-corrected chi connectivity index (χ4v) is 2.31. The van der Waals surface area contributed by atoms with Crippen LogP contribution in [0.3, 0.4) is 0 Å². The van der Waals surface area contributed by atoms with E-state index in [1.54, 1.807) is 6.26 Å². The molecular formula is C12H20N4O2S. The van der Waals surface area contributed by atoms with Crippen LogP contribution in [-0.4, -0.2) is 52.4 Å². The molecule has 2 rings (SSSR count). The molecule has 2 atom stereocenters. The molecule has 106 valence electrons. The van der Waals surface area contributed by atoms with Crippen LogP contribution < -0.4 is 10.6 Å². The Labute approximate surface area is 115 Å². The van der Waals surface area contributed by atoms with Crippen molar-refractivity contribution in [2.75, 3.05) is 43.6 Å². The third kappa shape index (κ3) is 4.52. The lowest BCUT2D eigenvalue weighted by Crippen LogP contribution is -2.34. The molecule has 7 heteroatoms. The number of aryl methyl sites for hydroxylation is 1. The number of hydrogen-bond donors (Lipinski definition) is 2. The van der Waals surface area contributed by atoms with Crippen molar-refractivity contribution in [1.82, 2.24) is 15.3 Å². The third-order valence-electron chi connectivity index (χ3n) is 2.81. The van der Waals surface area contributed by atoms with Crippen molar-refractivity contribution in [3.63, 3.8) is 0 Å². The quantitative estimate of drug-likeness (QED) is 0.806. The topological polar surface area (TPSA) is 76.1 Å². The molecule has 0 unspecified atom stereocenters. The Morgan fingerprint density at radius 3 is 3.11 bits per heavy atom. The van der Waals surface area contributed by atoms with E-state index in [-0.39, 0.29) is 6.10 Å². The van der Waals surface area contributed by atoms with Crippen LogP contribution in [0, 0.1) is 6.92 Å². The number of hydrogen-bond acceptors (Lipinski definition) is 6. The van der Waals surface area contributed by atoms with Gasteiger partial charge >= 0.3 is 0 Å². The lowest BCUT2D eigenvalue weighted by molar-refractivity contribution is 0.0249. The number of aromatic nitrogens is 2. The van der Waals surface area contributed by atoms with Crippen LogP contribution in [0.15, 0.2) is 6.07 Å². The Morgan fingerprint density at radius 2 is 2.42 bits per heavy atom. The maximum absolute atomic E-state index is 11.0. The third-order valence-corrected chi connectivity index (χ3v) is 3.59. The molecule has 2 heterocycles. The summed E-state index contributed by atoms with van der Waals surface area (Å²) in [7, 11) is -0.795. The zero-order chi connectivity index (χ0) is 13.7. The standard InChI is InChI=1S/C12H20N4O2S/c1-9-15-10(11-8-13-3-5-18-11)7-12(16-9)14-4-6-19(2)17/h7,11,13H,3-6,8H2,1-2H3,(H,14,15,16)/t11-,19-/m0/s1. The molecule has 1 aromatic rings. The van der Waals surface area contributed by atoms with E-state index in [4.69, 9.17) is 4.74 Å². The van der Waals surface area contributed by atoms with Crippen LogP contribution >= 0.6 is 0 Å². The van der Waals surface area contributed by atoms with Gasteiger partial charge in [-0.3, -0.25) is 4.21 Å². The summed E-state index contributed by atoms with van der Waals surface area (Å²) in [6.07, 6.45) is 1.68. The van der Waals surface area contributed by atoms with Gasteiger partial charge in [-0.1, -0.05) is 0 Å². The van der Waals surface area contributed by atoms with Crippen molar-refractivity contribution < 1.29 is 8.95 Å². The minimum atomic E-state index is -0.795. The molecule has 1 aromatic heterocycles. The molecule has 0 aromatic carbocycles. The van der Waals surface area contributed by atoms with Crippen molar-refractivity contribution in [2.45, 2.75) is 13.0 Å². The van der Waals surface area contributed by atoms with E-state index in [1.807, 2.05) is 13.0 Å². The summed E-state index contributed by atoms with van der Waals surface area (Å²) in [6, 6.07) is 1.91. The van der Waals surface area contributed by atoms with Gasteiger partial charge in [-0.15, -0.1) is 0 Å². The molecule has 0 amide bonds. The van der Waals surface area contributed by atoms with Crippen molar-refractivity contribution in [3.8, 4) is 0 Å². The van der Waals surface area contributed by atoms with Crippen molar-refractivity contribution in [2.24, 2.45) is 0 Å². The Hall–Kier alpha value is -1.05. The summed E-state index contributed by atoms with van der Waals surface area (Å²) in [5.41, 5.74) is 0.889. The van der Waals surface area contributed by atoms with Gasteiger partial charge in [-0.2, -0.15) is 0 Å². The predicted molar refractivity (Wildman–Crippen MR) is 75.8 cm³/mol.